The number of nitrogens with zero attached hydrogens (tertiary/aromatic N) is 2. The van der Waals surface area contributed by atoms with Crippen LogP contribution < -0.4 is 4.74 Å². The number of hydrogen-bond donors (Lipinski definition) is 0. The molecule has 1 saturated heterocycles. The summed E-state index contributed by atoms with van der Waals surface area (Å²) in [6.07, 6.45) is 6.49. The topological polar surface area (TPSA) is 49.9 Å². The van der Waals surface area contributed by atoms with Gasteiger partial charge in [0.15, 0.2) is 0 Å². The zero-order valence-corrected chi connectivity index (χ0v) is 15.5. The number of methoxy groups -OCH3 is 1. The summed E-state index contributed by atoms with van der Waals surface area (Å²) in [4.78, 5) is 2.77. The van der Waals surface area contributed by atoms with Crippen molar-refractivity contribution in [3.63, 3.8) is 0 Å². The van der Waals surface area contributed by atoms with Gasteiger partial charge in [-0.2, -0.15) is 4.31 Å². The molecule has 0 spiro atoms. The van der Waals surface area contributed by atoms with Crippen LogP contribution in [0.3, 0.4) is 0 Å². The molecule has 1 aliphatic carbocycles. The molecule has 24 heavy (non-hydrogen) atoms. The molecule has 3 rings (SSSR count). The molecule has 1 aliphatic heterocycles. The van der Waals surface area contributed by atoms with Crippen molar-refractivity contribution in [2.24, 2.45) is 0 Å². The molecule has 0 radical (unpaired) electrons. The van der Waals surface area contributed by atoms with Gasteiger partial charge in [-0.1, -0.05) is 25.3 Å². The lowest BCUT2D eigenvalue weighted by Gasteiger charge is -2.40. The Balaban J connectivity index is 1.72. The van der Waals surface area contributed by atoms with Crippen molar-refractivity contribution in [2.45, 2.75) is 50.0 Å². The maximum Gasteiger partial charge on any atom is 0.246 e. The lowest BCUT2D eigenvalue weighted by molar-refractivity contribution is 0.111. The van der Waals surface area contributed by atoms with Crippen LogP contribution in [0.15, 0.2) is 23.1 Å². The highest BCUT2D eigenvalue weighted by molar-refractivity contribution is 7.89. The van der Waals surface area contributed by atoms with E-state index in [9.17, 15) is 8.42 Å². The van der Waals surface area contributed by atoms with Gasteiger partial charge in [0.25, 0.3) is 0 Å². The normalized spacial score (nSPS) is 21.8. The smallest absolute Gasteiger partial charge is 0.246 e. The van der Waals surface area contributed by atoms with Gasteiger partial charge in [0, 0.05) is 32.2 Å². The fraction of sp³-hybridized carbons (Fsp3) is 0.667. The predicted molar refractivity (Wildman–Crippen MR) is 94.9 cm³/mol. The van der Waals surface area contributed by atoms with E-state index in [4.69, 9.17) is 4.74 Å². The third-order valence-corrected chi connectivity index (χ3v) is 7.22. The summed E-state index contributed by atoms with van der Waals surface area (Å²) in [5, 5.41) is 0. The zero-order valence-electron chi connectivity index (χ0n) is 14.7. The number of sulfonamides is 1. The van der Waals surface area contributed by atoms with Gasteiger partial charge in [0.1, 0.15) is 10.6 Å². The molecule has 0 atom stereocenters. The van der Waals surface area contributed by atoms with E-state index in [2.05, 4.69) is 4.90 Å². The Morgan fingerprint density at radius 2 is 1.71 bits per heavy atom. The minimum Gasteiger partial charge on any atom is -0.495 e. The molecule has 1 aromatic carbocycles. The lowest BCUT2D eigenvalue weighted by Crippen LogP contribution is -2.52. The minimum atomic E-state index is -3.50. The predicted octanol–water partition coefficient (Wildman–Crippen LogP) is 2.64. The summed E-state index contributed by atoms with van der Waals surface area (Å²) in [5.41, 5.74) is 0.926. The molecule has 134 valence electrons. The molecule has 0 amide bonds. The largest absolute Gasteiger partial charge is 0.495 e. The first-order valence-corrected chi connectivity index (χ1v) is 10.4. The van der Waals surface area contributed by atoms with Crippen LogP contribution in [0.4, 0.5) is 0 Å². The van der Waals surface area contributed by atoms with Gasteiger partial charge < -0.3 is 4.74 Å². The first-order valence-electron chi connectivity index (χ1n) is 8.91. The van der Waals surface area contributed by atoms with Crippen molar-refractivity contribution in [3.05, 3.63) is 23.8 Å². The van der Waals surface area contributed by atoms with Crippen LogP contribution in [-0.4, -0.2) is 57.0 Å². The second-order valence-electron chi connectivity index (χ2n) is 6.89. The Labute approximate surface area is 145 Å². The van der Waals surface area contributed by atoms with E-state index in [1.165, 1.54) is 39.2 Å². The third-order valence-electron chi connectivity index (χ3n) is 5.30. The second kappa shape index (κ2) is 7.42. The third kappa shape index (κ3) is 3.60. The van der Waals surface area contributed by atoms with Crippen LogP contribution in [0.5, 0.6) is 5.75 Å². The Kier molecular flexibility index (Phi) is 5.47. The average molecular weight is 353 g/mol. The molecule has 1 heterocycles. The summed E-state index contributed by atoms with van der Waals surface area (Å²) in [5.74, 6) is 0.426. The van der Waals surface area contributed by atoms with E-state index in [-0.39, 0.29) is 4.90 Å². The van der Waals surface area contributed by atoms with Crippen molar-refractivity contribution in [1.82, 2.24) is 9.21 Å². The highest BCUT2D eigenvalue weighted by atomic mass is 32.2. The summed E-state index contributed by atoms with van der Waals surface area (Å²) >= 11 is 0. The Bertz CT molecular complexity index is 661. The summed E-state index contributed by atoms with van der Waals surface area (Å²) in [7, 11) is -1.98. The SMILES string of the molecule is COc1ccc(C)cc1S(=O)(=O)N1CCN(C2CCCCC2)CC1. The van der Waals surface area contributed by atoms with E-state index < -0.39 is 10.0 Å². The minimum absolute atomic E-state index is 0.288. The van der Waals surface area contributed by atoms with Crippen LogP contribution in [0.25, 0.3) is 0 Å². The second-order valence-corrected chi connectivity index (χ2v) is 8.79. The standard InChI is InChI=1S/C18H28N2O3S/c1-15-8-9-17(23-2)18(14-15)24(21,22)20-12-10-19(11-13-20)16-6-4-3-5-7-16/h8-9,14,16H,3-7,10-13H2,1-2H3. The Hall–Kier alpha value is -1.11. The maximum atomic E-state index is 13.0. The zero-order chi connectivity index (χ0) is 17.2. The lowest BCUT2D eigenvalue weighted by atomic mass is 9.94. The summed E-state index contributed by atoms with van der Waals surface area (Å²) in [6.45, 7) is 4.70. The molecular formula is C18H28N2O3S. The van der Waals surface area contributed by atoms with Crippen molar-refractivity contribution in [2.75, 3.05) is 33.3 Å². The maximum absolute atomic E-state index is 13.0. The summed E-state index contributed by atoms with van der Waals surface area (Å²) in [6, 6.07) is 5.97. The van der Waals surface area contributed by atoms with Crippen molar-refractivity contribution < 1.29 is 13.2 Å². The molecular weight excluding hydrogens is 324 g/mol. The van der Waals surface area contributed by atoms with Gasteiger partial charge in [-0.3, -0.25) is 4.90 Å². The first-order chi connectivity index (χ1) is 11.5. The monoisotopic (exact) mass is 352 g/mol. The molecule has 1 aromatic rings. The molecule has 0 N–H and O–H groups in total. The quantitative estimate of drug-likeness (QED) is 0.836. The molecule has 0 aromatic heterocycles. The number of rotatable bonds is 4. The van der Waals surface area contributed by atoms with Crippen molar-refractivity contribution in [3.8, 4) is 5.75 Å². The number of hydrogen-bond acceptors (Lipinski definition) is 4. The summed E-state index contributed by atoms with van der Waals surface area (Å²) < 4.78 is 33.0. The fourth-order valence-electron chi connectivity index (χ4n) is 3.88. The molecule has 1 saturated carbocycles. The number of aryl methyl sites for hydroxylation is 1. The molecule has 6 heteroatoms. The Morgan fingerprint density at radius 3 is 2.33 bits per heavy atom. The molecule has 2 aliphatic rings. The van der Waals surface area contributed by atoms with Crippen molar-refractivity contribution in [1.29, 1.82) is 0 Å². The Morgan fingerprint density at radius 1 is 1.04 bits per heavy atom. The fourth-order valence-corrected chi connectivity index (χ4v) is 5.54. The van der Waals surface area contributed by atoms with Gasteiger partial charge in [-0.05, 0) is 37.5 Å². The average Bonchev–Trinajstić information content (AvgIpc) is 2.62. The first kappa shape index (κ1) is 17.7. The van der Waals surface area contributed by atoms with Gasteiger partial charge in [-0.25, -0.2) is 8.42 Å². The number of piperazine rings is 1. The van der Waals surface area contributed by atoms with Crippen molar-refractivity contribution >= 4 is 10.0 Å². The van der Waals surface area contributed by atoms with Crippen LogP contribution >= 0.6 is 0 Å². The van der Waals surface area contributed by atoms with E-state index >= 15 is 0 Å². The molecule has 5 nitrogen and oxygen atoms in total. The van der Waals surface area contributed by atoms with Crippen LogP contribution in [0.1, 0.15) is 37.7 Å². The van der Waals surface area contributed by atoms with Gasteiger partial charge in [0.05, 0.1) is 7.11 Å². The van der Waals surface area contributed by atoms with E-state index in [0.717, 1.165) is 18.7 Å². The van der Waals surface area contributed by atoms with Crippen LogP contribution in [0.2, 0.25) is 0 Å². The number of ether oxygens (including phenoxy) is 1. The highest BCUT2D eigenvalue weighted by Crippen LogP contribution is 2.29. The van der Waals surface area contributed by atoms with Gasteiger partial charge in [-0.15, -0.1) is 0 Å². The van der Waals surface area contributed by atoms with E-state index in [0.29, 0.717) is 24.9 Å². The van der Waals surface area contributed by atoms with Gasteiger partial charge >= 0.3 is 0 Å². The molecule has 2 fully saturated rings. The number of benzene rings is 1. The van der Waals surface area contributed by atoms with E-state index in [1.807, 2.05) is 13.0 Å². The van der Waals surface area contributed by atoms with Crippen LogP contribution in [-0.2, 0) is 10.0 Å². The van der Waals surface area contributed by atoms with Crippen LogP contribution in [0, 0.1) is 6.92 Å². The molecule has 0 bridgehead atoms. The van der Waals surface area contributed by atoms with Gasteiger partial charge in [0.2, 0.25) is 10.0 Å². The van der Waals surface area contributed by atoms with E-state index in [1.54, 1.807) is 16.4 Å². The highest BCUT2D eigenvalue weighted by Gasteiger charge is 2.33. The molecule has 0 unspecified atom stereocenters.